The van der Waals surface area contributed by atoms with Crippen molar-refractivity contribution in [2.45, 2.75) is 6.04 Å². The molecule has 1 aliphatic rings. The summed E-state index contributed by atoms with van der Waals surface area (Å²) >= 11 is 0. The van der Waals surface area contributed by atoms with Gasteiger partial charge in [-0.05, 0) is 6.07 Å². The van der Waals surface area contributed by atoms with Gasteiger partial charge in [-0.25, -0.2) is 9.97 Å². The maximum atomic E-state index is 4.29. The van der Waals surface area contributed by atoms with Gasteiger partial charge in [-0.15, -0.1) is 6.58 Å². The van der Waals surface area contributed by atoms with Crippen LogP contribution in [0.1, 0.15) is 11.9 Å². The summed E-state index contributed by atoms with van der Waals surface area (Å²) in [4.78, 5) is 10.8. The van der Waals surface area contributed by atoms with Crippen LogP contribution in [0.4, 0.5) is 0 Å². The van der Waals surface area contributed by atoms with Crippen LogP contribution in [0.2, 0.25) is 0 Å². The van der Waals surface area contributed by atoms with Gasteiger partial charge in [0, 0.05) is 38.6 Å². The van der Waals surface area contributed by atoms with Crippen molar-refractivity contribution in [3.63, 3.8) is 0 Å². The van der Waals surface area contributed by atoms with E-state index < -0.39 is 0 Å². The number of rotatable bonds is 3. The third-order valence-corrected chi connectivity index (χ3v) is 2.47. The van der Waals surface area contributed by atoms with Crippen molar-refractivity contribution < 1.29 is 0 Å². The molecular weight excluding hydrogens is 188 g/mol. The van der Waals surface area contributed by atoms with Crippen molar-refractivity contribution in [1.29, 1.82) is 0 Å². The van der Waals surface area contributed by atoms with Crippen LogP contribution in [0.5, 0.6) is 0 Å². The molecule has 1 aromatic heterocycles. The number of nitrogens with one attached hydrogen (secondary N) is 1. The number of nitrogens with zero attached hydrogens (tertiary/aromatic N) is 3. The summed E-state index contributed by atoms with van der Waals surface area (Å²) in [6, 6.07) is 2.05. The fourth-order valence-electron chi connectivity index (χ4n) is 1.76. The highest BCUT2D eigenvalue weighted by molar-refractivity contribution is 5.03. The fourth-order valence-corrected chi connectivity index (χ4v) is 1.76. The van der Waals surface area contributed by atoms with Crippen molar-refractivity contribution in [2.75, 3.05) is 19.6 Å². The third-order valence-electron chi connectivity index (χ3n) is 2.47. The van der Waals surface area contributed by atoms with E-state index in [1.165, 1.54) is 0 Å². The molecule has 0 amide bonds. The van der Waals surface area contributed by atoms with Crippen LogP contribution < -0.4 is 5.32 Å². The Morgan fingerprint density at radius 2 is 2.27 bits per heavy atom. The van der Waals surface area contributed by atoms with Crippen LogP contribution >= 0.6 is 0 Å². The molecule has 1 aromatic rings. The zero-order valence-corrected chi connectivity index (χ0v) is 8.63. The smallest absolute Gasteiger partial charge is 0.146 e. The Labute approximate surface area is 90.0 Å². The van der Waals surface area contributed by atoms with Gasteiger partial charge in [-0.1, -0.05) is 6.08 Å². The van der Waals surface area contributed by atoms with E-state index in [-0.39, 0.29) is 6.04 Å². The monoisotopic (exact) mass is 203 g/mol. The van der Waals surface area contributed by atoms with E-state index in [1.807, 2.05) is 12.6 Å². The molecule has 1 aliphatic heterocycles. The lowest BCUT2D eigenvalue weighted by Gasteiger charge is -2.33. The number of piperazine rings is 1. The standard InChI is InChI=1S/C11H15N4/c1-2-7-15-8-6-12-9-10(15)11-13-4-3-5-14-11/h2-5,7,10,12H,1,6,8-9H2. The SMILES string of the molecule is C=C[CH]N1CCNCC1c1ncccn1. The second-order valence-corrected chi connectivity index (χ2v) is 3.45. The van der Waals surface area contributed by atoms with Gasteiger partial charge in [0.05, 0.1) is 6.04 Å². The summed E-state index contributed by atoms with van der Waals surface area (Å²) in [6.07, 6.45) is 5.37. The van der Waals surface area contributed by atoms with Gasteiger partial charge >= 0.3 is 0 Å². The molecule has 79 valence electrons. The van der Waals surface area contributed by atoms with E-state index in [1.54, 1.807) is 18.5 Å². The molecular formula is C11H15N4. The first-order valence-electron chi connectivity index (χ1n) is 5.11. The molecule has 0 spiro atoms. The highest BCUT2D eigenvalue weighted by atomic mass is 15.2. The molecule has 1 atom stereocenters. The highest BCUT2D eigenvalue weighted by Crippen LogP contribution is 2.19. The van der Waals surface area contributed by atoms with Gasteiger partial charge < -0.3 is 5.32 Å². The molecule has 2 rings (SSSR count). The average Bonchev–Trinajstić information content (AvgIpc) is 2.31. The summed E-state index contributed by atoms with van der Waals surface area (Å²) in [7, 11) is 0. The van der Waals surface area contributed by atoms with Crippen molar-refractivity contribution in [1.82, 2.24) is 20.2 Å². The Bertz CT molecular complexity index is 312. The van der Waals surface area contributed by atoms with Crippen molar-refractivity contribution in [3.05, 3.63) is 43.5 Å². The maximum absolute atomic E-state index is 4.29. The highest BCUT2D eigenvalue weighted by Gasteiger charge is 2.24. The summed E-state index contributed by atoms with van der Waals surface area (Å²) in [6.45, 7) is 8.57. The Hall–Kier alpha value is -1.26. The normalized spacial score (nSPS) is 22.5. The first-order valence-corrected chi connectivity index (χ1v) is 5.11. The Kier molecular flexibility index (Phi) is 3.42. The van der Waals surface area contributed by atoms with E-state index >= 15 is 0 Å². The second kappa shape index (κ2) is 5.00. The Balaban J connectivity index is 2.14. The number of aromatic nitrogens is 2. The minimum absolute atomic E-state index is 0.220. The molecule has 1 radical (unpaired) electrons. The molecule has 1 saturated heterocycles. The predicted octanol–water partition coefficient (Wildman–Crippen LogP) is 0.771. The van der Waals surface area contributed by atoms with Crippen LogP contribution in [-0.4, -0.2) is 34.5 Å². The quantitative estimate of drug-likeness (QED) is 0.788. The van der Waals surface area contributed by atoms with Gasteiger partial charge in [0.15, 0.2) is 0 Å². The summed E-state index contributed by atoms with van der Waals surface area (Å²) in [5.74, 6) is 0.864. The zero-order chi connectivity index (χ0) is 10.5. The fraction of sp³-hybridized carbons (Fsp3) is 0.364. The molecule has 0 saturated carbocycles. The van der Waals surface area contributed by atoms with Gasteiger partial charge in [-0.3, -0.25) is 4.90 Å². The molecule has 4 nitrogen and oxygen atoms in total. The number of hydrogen-bond acceptors (Lipinski definition) is 4. The third kappa shape index (κ3) is 2.40. The minimum atomic E-state index is 0.220. The zero-order valence-electron chi connectivity index (χ0n) is 8.63. The maximum Gasteiger partial charge on any atom is 0.146 e. The average molecular weight is 203 g/mol. The van der Waals surface area contributed by atoms with Crippen LogP contribution in [0.3, 0.4) is 0 Å². The topological polar surface area (TPSA) is 41.0 Å². The first-order chi connectivity index (χ1) is 7.42. The molecule has 0 aromatic carbocycles. The van der Waals surface area contributed by atoms with Crippen LogP contribution in [0, 0.1) is 6.54 Å². The van der Waals surface area contributed by atoms with Crippen LogP contribution in [0.15, 0.2) is 31.1 Å². The summed E-state index contributed by atoms with van der Waals surface area (Å²) < 4.78 is 0. The van der Waals surface area contributed by atoms with E-state index in [9.17, 15) is 0 Å². The van der Waals surface area contributed by atoms with E-state index in [2.05, 4.69) is 26.8 Å². The lowest BCUT2D eigenvalue weighted by molar-refractivity contribution is 0.204. The lowest BCUT2D eigenvalue weighted by Crippen LogP contribution is -2.44. The molecule has 0 bridgehead atoms. The summed E-state index contributed by atoms with van der Waals surface area (Å²) in [5, 5.41) is 3.35. The molecule has 15 heavy (non-hydrogen) atoms. The van der Waals surface area contributed by atoms with E-state index in [0.717, 1.165) is 25.5 Å². The first kappa shape index (κ1) is 10.3. The van der Waals surface area contributed by atoms with Gasteiger partial charge in [0.2, 0.25) is 0 Å². The van der Waals surface area contributed by atoms with Crippen molar-refractivity contribution in [3.8, 4) is 0 Å². The molecule has 1 N–H and O–H groups in total. The predicted molar refractivity (Wildman–Crippen MR) is 58.8 cm³/mol. The second-order valence-electron chi connectivity index (χ2n) is 3.45. The number of hydrogen-bond donors (Lipinski definition) is 1. The summed E-state index contributed by atoms with van der Waals surface area (Å²) in [5.41, 5.74) is 0. The molecule has 4 heteroatoms. The van der Waals surface area contributed by atoms with Gasteiger partial charge in [-0.2, -0.15) is 0 Å². The Morgan fingerprint density at radius 1 is 1.47 bits per heavy atom. The molecule has 2 heterocycles. The lowest BCUT2D eigenvalue weighted by atomic mass is 10.1. The molecule has 1 fully saturated rings. The van der Waals surface area contributed by atoms with Gasteiger partial charge in [0.1, 0.15) is 5.82 Å². The van der Waals surface area contributed by atoms with Crippen molar-refractivity contribution >= 4 is 0 Å². The van der Waals surface area contributed by atoms with E-state index in [4.69, 9.17) is 0 Å². The minimum Gasteiger partial charge on any atom is -0.313 e. The van der Waals surface area contributed by atoms with Crippen molar-refractivity contribution in [2.24, 2.45) is 0 Å². The largest absolute Gasteiger partial charge is 0.313 e. The molecule has 0 aliphatic carbocycles. The molecule has 1 unspecified atom stereocenters. The van der Waals surface area contributed by atoms with Crippen LogP contribution in [-0.2, 0) is 0 Å². The Morgan fingerprint density at radius 3 is 3.00 bits per heavy atom. The van der Waals surface area contributed by atoms with Crippen LogP contribution in [0.25, 0.3) is 0 Å². The van der Waals surface area contributed by atoms with E-state index in [0.29, 0.717) is 0 Å². The van der Waals surface area contributed by atoms with Gasteiger partial charge in [0.25, 0.3) is 0 Å².